The molecule has 2 aromatic carbocycles. The van der Waals surface area contributed by atoms with Crippen LogP contribution in [0.15, 0.2) is 36.4 Å². The lowest BCUT2D eigenvalue weighted by atomic mass is 9.78. The number of rotatable bonds is 6. The minimum atomic E-state index is -5.09. The van der Waals surface area contributed by atoms with Gasteiger partial charge in [-0.15, -0.1) is 0 Å². The molecule has 2 atom stereocenters. The maximum atomic E-state index is 13.2. The van der Waals surface area contributed by atoms with Crippen molar-refractivity contribution in [3.63, 3.8) is 0 Å². The molecule has 2 aromatic rings. The second-order valence-electron chi connectivity index (χ2n) is 8.45. The molecule has 0 aromatic heterocycles. The molecule has 3 rings (SSSR count). The summed E-state index contributed by atoms with van der Waals surface area (Å²) in [7, 11) is 0. The lowest BCUT2D eigenvalue weighted by Gasteiger charge is -2.29. The third-order valence-electron chi connectivity index (χ3n) is 5.97. The Bertz CT molecular complexity index is 1180. The van der Waals surface area contributed by atoms with Crippen LogP contribution in [0.5, 0.6) is 0 Å². The Labute approximate surface area is 209 Å². The van der Waals surface area contributed by atoms with Crippen LogP contribution in [0, 0.1) is 32.1 Å². The Morgan fingerprint density at radius 3 is 1.34 bits per heavy atom. The molecule has 16 heteroatoms. The van der Waals surface area contributed by atoms with Gasteiger partial charge in [-0.2, -0.15) is 26.3 Å². The standard InChI is InChI=1S/C22H18F6N4O6/c23-21(24,25)15-9-11(5-7-17(15)31(35)36)29-19(33)13-3-1-2-4-14(13)20(34)30-12-6-8-18(32(37)38)16(10-12)22(26,27)28/h5-10,13-14H,1-4H2,(H,29,33)(H,30,34). The van der Waals surface area contributed by atoms with E-state index >= 15 is 0 Å². The van der Waals surface area contributed by atoms with Gasteiger partial charge in [-0.1, -0.05) is 12.8 Å². The number of halogens is 6. The zero-order valence-corrected chi connectivity index (χ0v) is 19.1. The summed E-state index contributed by atoms with van der Waals surface area (Å²) in [6.07, 6.45) is -8.95. The van der Waals surface area contributed by atoms with E-state index in [1.54, 1.807) is 0 Å². The summed E-state index contributed by atoms with van der Waals surface area (Å²) in [6, 6.07) is 3.75. The van der Waals surface area contributed by atoms with Gasteiger partial charge < -0.3 is 10.6 Å². The molecule has 38 heavy (non-hydrogen) atoms. The minimum absolute atomic E-state index is 0.136. The summed E-state index contributed by atoms with van der Waals surface area (Å²) in [5, 5.41) is 26.3. The van der Waals surface area contributed by atoms with Crippen molar-refractivity contribution in [2.45, 2.75) is 38.0 Å². The molecular weight excluding hydrogens is 530 g/mol. The number of hydrogen-bond donors (Lipinski definition) is 2. The van der Waals surface area contributed by atoms with Gasteiger partial charge >= 0.3 is 12.4 Å². The third kappa shape index (κ3) is 6.36. The summed E-state index contributed by atoms with van der Waals surface area (Å²) < 4.78 is 79.5. The van der Waals surface area contributed by atoms with E-state index in [1.165, 1.54) is 0 Å². The zero-order valence-electron chi connectivity index (χ0n) is 19.1. The first kappa shape index (κ1) is 28.3. The van der Waals surface area contributed by atoms with Crippen LogP contribution in [-0.2, 0) is 21.9 Å². The van der Waals surface area contributed by atoms with Crippen molar-refractivity contribution in [1.29, 1.82) is 0 Å². The first-order valence-corrected chi connectivity index (χ1v) is 10.9. The van der Waals surface area contributed by atoms with Gasteiger partial charge in [-0.25, -0.2) is 0 Å². The van der Waals surface area contributed by atoms with Gasteiger partial charge in [0.15, 0.2) is 0 Å². The Morgan fingerprint density at radius 2 is 1.05 bits per heavy atom. The SMILES string of the molecule is O=C(Nc1ccc([N+](=O)[O-])c(C(F)(F)F)c1)C1CCCCC1C(=O)Nc1ccc([N+](=O)[O-])c(C(F)(F)F)c1. The van der Waals surface area contributed by atoms with E-state index in [0.29, 0.717) is 37.1 Å². The maximum Gasteiger partial charge on any atom is 0.423 e. The number of amides is 2. The van der Waals surface area contributed by atoms with Crippen LogP contribution in [0.1, 0.15) is 36.8 Å². The molecule has 10 nitrogen and oxygen atoms in total. The highest BCUT2D eigenvalue weighted by Crippen LogP contribution is 2.40. The smallest absolute Gasteiger partial charge is 0.326 e. The van der Waals surface area contributed by atoms with Gasteiger partial charge in [0.1, 0.15) is 11.1 Å². The van der Waals surface area contributed by atoms with Crippen LogP contribution < -0.4 is 10.6 Å². The monoisotopic (exact) mass is 548 g/mol. The van der Waals surface area contributed by atoms with Crippen LogP contribution in [0.2, 0.25) is 0 Å². The highest BCUT2D eigenvalue weighted by molar-refractivity contribution is 6.00. The number of nitro benzene ring substituents is 2. The number of anilines is 2. The predicted octanol–water partition coefficient (Wildman–Crippen LogP) is 5.92. The summed E-state index contributed by atoms with van der Waals surface area (Å²) in [6.45, 7) is 0. The topological polar surface area (TPSA) is 144 Å². The molecule has 1 aliphatic carbocycles. The van der Waals surface area contributed by atoms with E-state index in [2.05, 4.69) is 10.6 Å². The van der Waals surface area contributed by atoms with Crippen LogP contribution in [0.3, 0.4) is 0 Å². The molecule has 2 unspecified atom stereocenters. The van der Waals surface area contributed by atoms with Gasteiger partial charge in [0.05, 0.1) is 9.85 Å². The van der Waals surface area contributed by atoms with Crippen molar-refractivity contribution < 1.29 is 45.8 Å². The Morgan fingerprint density at radius 1 is 0.711 bits per heavy atom. The van der Waals surface area contributed by atoms with Crippen LogP contribution in [0.25, 0.3) is 0 Å². The first-order valence-electron chi connectivity index (χ1n) is 10.9. The van der Waals surface area contributed by atoms with Gasteiger partial charge in [-0.05, 0) is 37.1 Å². The van der Waals surface area contributed by atoms with Gasteiger partial charge in [0.25, 0.3) is 11.4 Å². The Balaban J connectivity index is 1.82. The highest BCUT2D eigenvalue weighted by Gasteiger charge is 2.41. The predicted molar refractivity (Wildman–Crippen MR) is 119 cm³/mol. The van der Waals surface area contributed by atoms with Crippen molar-refractivity contribution >= 4 is 34.6 Å². The molecule has 1 fully saturated rings. The van der Waals surface area contributed by atoms with Crippen LogP contribution in [-0.4, -0.2) is 21.7 Å². The summed E-state index contributed by atoms with van der Waals surface area (Å²) in [4.78, 5) is 45.2. The molecule has 204 valence electrons. The number of nitro groups is 2. The van der Waals surface area contributed by atoms with Crippen molar-refractivity contribution in [3.8, 4) is 0 Å². The summed E-state index contributed by atoms with van der Waals surface area (Å²) in [5.41, 5.74) is -6.40. The van der Waals surface area contributed by atoms with Gasteiger partial charge in [0.2, 0.25) is 11.8 Å². The highest BCUT2D eigenvalue weighted by atomic mass is 19.4. The Hall–Kier alpha value is -4.24. The second kappa shape index (κ2) is 10.6. The molecule has 0 saturated heterocycles. The van der Waals surface area contributed by atoms with Gasteiger partial charge in [0, 0.05) is 35.3 Å². The number of hydrogen-bond acceptors (Lipinski definition) is 6. The molecular formula is C22H18F6N4O6. The third-order valence-corrected chi connectivity index (χ3v) is 5.97. The number of carbonyl (C=O) groups excluding carboxylic acids is 2. The molecule has 2 N–H and O–H groups in total. The lowest BCUT2D eigenvalue weighted by molar-refractivity contribution is -0.388. The van der Waals surface area contributed by atoms with E-state index in [4.69, 9.17) is 0 Å². The largest absolute Gasteiger partial charge is 0.423 e. The minimum Gasteiger partial charge on any atom is -0.326 e. The fourth-order valence-electron chi connectivity index (χ4n) is 4.23. The van der Waals surface area contributed by atoms with E-state index in [0.717, 1.165) is 12.1 Å². The average Bonchev–Trinajstić information content (AvgIpc) is 2.82. The molecule has 2 amide bonds. The van der Waals surface area contributed by atoms with E-state index in [9.17, 15) is 56.2 Å². The number of benzene rings is 2. The second-order valence-corrected chi connectivity index (χ2v) is 8.45. The zero-order chi connectivity index (χ0) is 28.4. The molecule has 1 saturated carbocycles. The van der Waals surface area contributed by atoms with Crippen molar-refractivity contribution in [2.75, 3.05) is 10.6 Å². The average molecular weight is 548 g/mol. The van der Waals surface area contributed by atoms with Crippen LogP contribution >= 0.6 is 0 Å². The lowest BCUT2D eigenvalue weighted by Crippen LogP contribution is -2.38. The number of nitrogens with one attached hydrogen (secondary N) is 2. The summed E-state index contributed by atoms with van der Waals surface area (Å²) in [5.74, 6) is -3.86. The molecule has 0 aliphatic heterocycles. The molecule has 0 bridgehead atoms. The fourth-order valence-corrected chi connectivity index (χ4v) is 4.23. The quantitative estimate of drug-likeness (QED) is 0.260. The Kier molecular flexibility index (Phi) is 7.92. The van der Waals surface area contributed by atoms with Crippen molar-refractivity contribution in [2.24, 2.45) is 11.8 Å². The number of carbonyl (C=O) groups is 2. The van der Waals surface area contributed by atoms with E-state index < -0.39 is 79.7 Å². The molecule has 1 aliphatic rings. The number of alkyl halides is 6. The normalized spacial score (nSPS) is 17.9. The molecule has 0 heterocycles. The van der Waals surface area contributed by atoms with Crippen LogP contribution in [0.4, 0.5) is 49.1 Å². The van der Waals surface area contributed by atoms with Crippen molar-refractivity contribution in [3.05, 3.63) is 67.8 Å². The molecule has 0 radical (unpaired) electrons. The van der Waals surface area contributed by atoms with Gasteiger partial charge in [-0.3, -0.25) is 29.8 Å². The van der Waals surface area contributed by atoms with E-state index in [-0.39, 0.29) is 12.8 Å². The molecule has 0 spiro atoms. The maximum absolute atomic E-state index is 13.2. The fraction of sp³-hybridized carbons (Fsp3) is 0.364. The number of nitrogens with zero attached hydrogens (tertiary/aromatic N) is 2. The van der Waals surface area contributed by atoms with Crippen molar-refractivity contribution in [1.82, 2.24) is 0 Å². The van der Waals surface area contributed by atoms with E-state index in [1.807, 2.05) is 0 Å². The summed E-state index contributed by atoms with van der Waals surface area (Å²) >= 11 is 0. The first-order chi connectivity index (χ1) is 17.6.